The minimum Gasteiger partial charge on any atom is -0.684 e. The van der Waals surface area contributed by atoms with Gasteiger partial charge in [0.2, 0.25) is 0 Å². The van der Waals surface area contributed by atoms with E-state index in [1.165, 1.54) is 0 Å². The van der Waals surface area contributed by atoms with E-state index in [9.17, 15) is 0 Å². The van der Waals surface area contributed by atoms with Crippen LogP contribution in [-0.2, 0) is 32.9 Å². The molecular formula is C45H32IrN5. The second kappa shape index (κ2) is 14.3. The normalized spacial score (nSPS) is 15.0. The standard InChI is InChI=1S/C45H32N5.Ir/c1-5-17-38-30(11-1)23-25-34(46-38)28-44-33-14-9-13-32(27-33)36-15-3-7-19-40(36)50-45(29-35-26-24-31-12-2-6-18-39(31)47-35)43-22-10-21-42(48-43)37-16-4-8-20-41(37)49-44;/h1-26,44-45H,28-29H2;/q-3;+3. The molecule has 6 heteroatoms. The fourth-order valence-electron chi connectivity index (χ4n) is 6.86. The van der Waals surface area contributed by atoms with Crippen LogP contribution in [0.4, 0.5) is 11.4 Å². The molecule has 4 heterocycles. The van der Waals surface area contributed by atoms with Crippen LogP contribution in [0.3, 0.4) is 0 Å². The van der Waals surface area contributed by atoms with E-state index in [0.717, 1.165) is 78.2 Å². The van der Waals surface area contributed by atoms with Crippen molar-refractivity contribution in [2.24, 2.45) is 0 Å². The molecule has 2 unspecified atom stereocenters. The zero-order valence-electron chi connectivity index (χ0n) is 27.6. The third kappa shape index (κ3) is 6.76. The molecule has 0 saturated carbocycles. The first kappa shape index (κ1) is 32.5. The van der Waals surface area contributed by atoms with Gasteiger partial charge in [-0.25, -0.2) is 0 Å². The predicted octanol–water partition coefficient (Wildman–Crippen LogP) is 11.6. The van der Waals surface area contributed by atoms with Gasteiger partial charge in [-0.05, 0) is 54.8 Å². The van der Waals surface area contributed by atoms with Gasteiger partial charge in [-0.2, -0.15) is 5.69 Å². The van der Waals surface area contributed by atoms with Crippen LogP contribution in [0.2, 0.25) is 0 Å². The summed E-state index contributed by atoms with van der Waals surface area (Å²) in [7, 11) is 0. The molecule has 51 heavy (non-hydrogen) atoms. The first-order valence-electron chi connectivity index (χ1n) is 17.0. The molecule has 1 aliphatic heterocycles. The molecule has 3 aromatic heterocycles. The Bertz CT molecular complexity index is 2320. The molecule has 0 fully saturated rings. The number of pyridine rings is 3. The van der Waals surface area contributed by atoms with Gasteiger partial charge in [-0.1, -0.05) is 109 Å². The molecule has 1 aliphatic rings. The topological polar surface area (TPSA) is 66.9 Å². The van der Waals surface area contributed by atoms with Crippen molar-refractivity contribution in [3.05, 3.63) is 197 Å². The van der Waals surface area contributed by atoms with E-state index in [2.05, 4.69) is 127 Å². The number of hydrogen-bond donors (Lipinski definition) is 0. The van der Waals surface area contributed by atoms with Crippen molar-refractivity contribution in [2.45, 2.75) is 24.9 Å². The van der Waals surface area contributed by atoms with Crippen LogP contribution in [0.5, 0.6) is 0 Å². The Morgan fingerprint density at radius 2 is 1.04 bits per heavy atom. The van der Waals surface area contributed by atoms with Gasteiger partial charge in [0.15, 0.2) is 0 Å². The van der Waals surface area contributed by atoms with Crippen LogP contribution < -0.4 is 0 Å². The van der Waals surface area contributed by atoms with Crippen LogP contribution in [0, 0.1) is 6.07 Å². The van der Waals surface area contributed by atoms with E-state index < -0.39 is 0 Å². The maximum absolute atomic E-state index is 5.46. The molecular weight excluding hydrogens is 803 g/mol. The number of para-hydroxylation sites is 4. The second-order valence-corrected chi connectivity index (χ2v) is 12.7. The van der Waals surface area contributed by atoms with Crippen molar-refractivity contribution in [3.63, 3.8) is 0 Å². The Labute approximate surface area is 311 Å². The molecule has 246 valence electrons. The van der Waals surface area contributed by atoms with Crippen LogP contribution in [-0.4, -0.2) is 15.0 Å². The van der Waals surface area contributed by atoms with Crippen molar-refractivity contribution in [2.75, 3.05) is 0 Å². The van der Waals surface area contributed by atoms with E-state index in [4.69, 9.17) is 25.6 Å². The molecule has 4 bridgehead atoms. The van der Waals surface area contributed by atoms with E-state index in [0.29, 0.717) is 12.8 Å². The van der Waals surface area contributed by atoms with Crippen LogP contribution >= 0.6 is 0 Å². The number of aromatic nitrogens is 3. The third-order valence-corrected chi connectivity index (χ3v) is 9.37. The Kier molecular flexibility index (Phi) is 9.10. The summed E-state index contributed by atoms with van der Waals surface area (Å²) in [5.41, 5.74) is 11.4. The minimum absolute atomic E-state index is 0. The van der Waals surface area contributed by atoms with Crippen LogP contribution in [0.1, 0.15) is 34.7 Å². The zero-order chi connectivity index (χ0) is 33.3. The van der Waals surface area contributed by atoms with Gasteiger partial charge < -0.3 is 10.6 Å². The van der Waals surface area contributed by atoms with E-state index in [1.54, 1.807) is 0 Å². The Hall–Kier alpha value is -5.68. The Balaban J connectivity index is 0.00000374. The van der Waals surface area contributed by atoms with Gasteiger partial charge in [0.25, 0.3) is 0 Å². The Morgan fingerprint density at radius 1 is 0.471 bits per heavy atom. The quantitative estimate of drug-likeness (QED) is 0.166. The number of rotatable bonds is 4. The molecule has 2 atom stereocenters. The summed E-state index contributed by atoms with van der Waals surface area (Å²) in [6.07, 6.45) is 1.23. The molecule has 9 rings (SSSR count). The summed E-state index contributed by atoms with van der Waals surface area (Å²) < 4.78 is 0. The molecule has 8 aromatic rings. The average Bonchev–Trinajstić information content (AvgIpc) is 3.17. The van der Waals surface area contributed by atoms with Gasteiger partial charge in [0.05, 0.1) is 16.7 Å². The molecule has 5 nitrogen and oxygen atoms in total. The summed E-state index contributed by atoms with van der Waals surface area (Å²) in [6.45, 7) is 0. The van der Waals surface area contributed by atoms with E-state index >= 15 is 0 Å². The monoisotopic (exact) mass is 835 g/mol. The van der Waals surface area contributed by atoms with Gasteiger partial charge in [-0.15, -0.1) is 52.7 Å². The second-order valence-electron chi connectivity index (χ2n) is 12.7. The molecule has 0 N–H and O–H groups in total. The number of fused-ring (bicyclic) bond motifs is 10. The summed E-state index contributed by atoms with van der Waals surface area (Å²) in [6, 6.07) is 57.4. The number of benzene rings is 5. The maximum Gasteiger partial charge on any atom is 3.00 e. The van der Waals surface area contributed by atoms with Gasteiger partial charge in [0.1, 0.15) is 0 Å². The fourth-order valence-corrected chi connectivity index (χ4v) is 6.86. The van der Waals surface area contributed by atoms with Gasteiger partial charge in [-0.3, -0.25) is 15.0 Å². The average molecular weight is 835 g/mol. The van der Waals surface area contributed by atoms with Crippen molar-refractivity contribution in [3.8, 4) is 22.4 Å². The molecule has 0 saturated heterocycles. The Morgan fingerprint density at radius 3 is 1.76 bits per heavy atom. The van der Waals surface area contributed by atoms with Gasteiger partial charge in [0, 0.05) is 27.9 Å². The van der Waals surface area contributed by atoms with Crippen molar-refractivity contribution in [1.82, 2.24) is 15.0 Å². The largest absolute Gasteiger partial charge is 3.00 e. The first-order chi connectivity index (χ1) is 24.7. The molecule has 0 spiro atoms. The fraction of sp³-hybridized carbons (Fsp3) is 0.0889. The molecule has 0 amide bonds. The van der Waals surface area contributed by atoms with Crippen molar-refractivity contribution >= 4 is 33.2 Å². The molecule has 0 aliphatic carbocycles. The van der Waals surface area contributed by atoms with E-state index in [-0.39, 0.29) is 32.2 Å². The van der Waals surface area contributed by atoms with Gasteiger partial charge >= 0.3 is 20.1 Å². The number of hydrogen-bond acceptors (Lipinski definition) is 3. The molecule has 5 aromatic carbocycles. The number of nitrogens with zero attached hydrogens (tertiary/aromatic N) is 5. The maximum atomic E-state index is 5.46. The van der Waals surface area contributed by atoms with Crippen molar-refractivity contribution < 1.29 is 20.1 Å². The zero-order valence-corrected chi connectivity index (χ0v) is 30.0. The summed E-state index contributed by atoms with van der Waals surface area (Å²) in [4.78, 5) is 15.3. The summed E-state index contributed by atoms with van der Waals surface area (Å²) in [5, 5.41) is 13.1. The SMILES string of the molecule is [Ir+3].[c-]1c2cccc1C(Cc1ccc3ccccc3n1)[N-]c1ccccc1-c1cccc(n1)C(Cc1ccc3ccccc3n1)[N-]c1ccccc1-2. The third-order valence-electron chi connectivity index (χ3n) is 9.37. The predicted molar refractivity (Wildman–Crippen MR) is 203 cm³/mol. The molecule has 0 radical (unpaired) electrons. The first-order valence-corrected chi connectivity index (χ1v) is 17.0. The smallest absolute Gasteiger partial charge is 0.684 e. The van der Waals surface area contributed by atoms with Crippen LogP contribution in [0.15, 0.2) is 158 Å². The minimum atomic E-state index is -0.272. The van der Waals surface area contributed by atoms with Crippen LogP contribution in [0.25, 0.3) is 54.8 Å². The van der Waals surface area contributed by atoms with Crippen molar-refractivity contribution in [1.29, 1.82) is 0 Å². The summed E-state index contributed by atoms with van der Waals surface area (Å²) >= 11 is 0. The summed E-state index contributed by atoms with van der Waals surface area (Å²) in [5.74, 6) is 0. The van der Waals surface area contributed by atoms with E-state index in [1.807, 2.05) is 36.4 Å².